The Morgan fingerprint density at radius 3 is 1.47 bits per heavy atom. The van der Waals surface area contributed by atoms with Crippen molar-refractivity contribution in [1.82, 2.24) is 39.0 Å². The smallest absolute Gasteiger partial charge is 0 e. The van der Waals surface area contributed by atoms with Gasteiger partial charge in [-0.1, -0.05) is 11.8 Å². The molecule has 0 aliphatic carbocycles. The topological polar surface area (TPSA) is 383 Å². The van der Waals surface area contributed by atoms with Crippen molar-refractivity contribution in [3.05, 3.63) is 230 Å². The summed E-state index contributed by atoms with van der Waals surface area (Å²) >= 11 is 2.19. The molecule has 0 aliphatic rings. The molecule has 10 rings (SSSR count). The summed E-state index contributed by atoms with van der Waals surface area (Å²) in [4.78, 5) is 60.9. The molecule has 0 fully saturated rings. The average molecular weight is 1490 g/mol. The molecule has 0 saturated carbocycles. The predicted octanol–water partition coefficient (Wildman–Crippen LogP) is 6.63. The molecule has 0 saturated heterocycles. The van der Waals surface area contributed by atoms with Gasteiger partial charge in [0.25, 0.3) is 0 Å². The molecule has 0 radical (unpaired) electrons. The Morgan fingerprint density at radius 2 is 1.01 bits per heavy atom. The first-order valence-corrected chi connectivity index (χ1v) is 26.2. The number of nitrogens with zero attached hydrogens (tertiary/aromatic N) is 7. The Morgan fingerprint density at radius 1 is 0.617 bits per heavy atom. The Kier molecular flexibility index (Phi) is 42.7. The first-order chi connectivity index (χ1) is 43.9. The summed E-state index contributed by atoms with van der Waals surface area (Å²) in [5.74, 6) is 6.33. The van der Waals surface area contributed by atoms with Crippen LogP contribution in [0.4, 0.5) is 28.7 Å². The Labute approximate surface area is 571 Å². The Hall–Kier alpha value is -10.5. The number of nitrogen functional groups attached to an aromatic ring is 1. The number of ether oxygens (including phenoxy) is 2. The molecule has 29 heteroatoms. The first-order valence-electron chi connectivity index (χ1n) is 25.1. The number of nitrogens with two attached hydrogens (primary N) is 4. The van der Waals surface area contributed by atoms with Crippen molar-refractivity contribution < 1.29 is 104 Å². The molecule has 3 aromatic carbocycles. The van der Waals surface area contributed by atoms with Crippen LogP contribution in [0, 0.1) is 85.1 Å². The molecule has 23 nitrogen and oxygen atoms in total. The molecule has 94 heavy (non-hydrogen) atoms. The van der Waals surface area contributed by atoms with Crippen molar-refractivity contribution >= 4 is 85.2 Å². The SMILES string of the molecule is C#Cc1ccc(F)cc1.CC(C)(C)OC(=O)n1cc(C(=O)C#Cc2ccc(F)cc2)c2ccncc21.CC(C)(C)OC(=O)n1cc(I)c2ccncc21.NC(N)=[NH2+].Nc1nc(-c2ccc(F)cc2)cc(-c2c[nH]c3cnccc23)n1.[C-]#[O+].[C-]#[O+].[C-]#[O+].[C-]#[O+].[C-]#[O+].[C-]#[O+].[Cl-].[Mo]. The fourth-order valence-electron chi connectivity index (χ4n) is 7.04. The van der Waals surface area contributed by atoms with Gasteiger partial charge >= 0.3 is 86.0 Å². The van der Waals surface area contributed by atoms with Crippen LogP contribution in [0.3, 0.4) is 0 Å². The summed E-state index contributed by atoms with van der Waals surface area (Å²) in [6.45, 7) is 37.8. The number of Topliss-reactive ketones (excluding diaryl/α,β-unsaturated/α-hetero) is 1. The molecule has 0 bridgehead atoms. The second-order valence-corrected chi connectivity index (χ2v) is 20.0. The number of hydrogen-bond acceptors (Lipinski definition) is 11. The van der Waals surface area contributed by atoms with Crippen molar-refractivity contribution in [3.8, 4) is 46.7 Å². The summed E-state index contributed by atoms with van der Waals surface area (Å²) < 4.78 is 97.7. The summed E-state index contributed by atoms with van der Waals surface area (Å²) in [5.41, 5.74) is 20.5. The molecule has 7 heterocycles. The fraction of sp³-hybridized carbons (Fsp3) is 0.123. The van der Waals surface area contributed by atoms with Crippen LogP contribution in [-0.2, 0) is 58.5 Å². The van der Waals surface area contributed by atoms with Gasteiger partial charge < -0.3 is 32.6 Å². The zero-order chi connectivity index (χ0) is 70.3. The van der Waals surface area contributed by atoms with Gasteiger partial charge in [-0.3, -0.25) is 41.2 Å². The monoisotopic (exact) mass is 1490 g/mol. The molecule has 480 valence electrons. The number of pyridine rings is 3. The minimum atomic E-state index is -0.678. The van der Waals surface area contributed by atoms with E-state index in [1.165, 1.54) is 76.3 Å². The maximum absolute atomic E-state index is 13.1. The van der Waals surface area contributed by atoms with Crippen LogP contribution in [0.1, 0.15) is 63.0 Å². The largest absolute Gasteiger partial charge is 1.00 e. The van der Waals surface area contributed by atoms with Crippen LogP contribution in [0.15, 0.2) is 153 Å². The molecule has 10 aromatic rings. The molecular weight excluding hydrogens is 1440 g/mol. The number of H-pyrrole nitrogens is 1. The van der Waals surface area contributed by atoms with Crippen molar-refractivity contribution in [1.29, 1.82) is 0 Å². The van der Waals surface area contributed by atoms with Gasteiger partial charge in [-0.05, 0) is 167 Å². The van der Waals surface area contributed by atoms with Crippen LogP contribution >= 0.6 is 22.6 Å². The van der Waals surface area contributed by atoms with Crippen molar-refractivity contribution in [2.24, 2.45) is 11.5 Å². The molecular formula is C65H53ClF3IMoN12O11. The summed E-state index contributed by atoms with van der Waals surface area (Å²) in [5, 5.41) is 7.14. The van der Waals surface area contributed by atoms with Gasteiger partial charge in [0, 0.05) is 100 Å². The zero-order valence-corrected chi connectivity index (χ0v) is 55.2. The molecule has 0 atom stereocenters. The van der Waals surface area contributed by atoms with Crippen LogP contribution in [0.5, 0.6) is 0 Å². The number of aromatic amines is 1. The third kappa shape index (κ3) is 29.2. The van der Waals surface area contributed by atoms with Crippen molar-refractivity contribution in [3.63, 3.8) is 0 Å². The van der Waals surface area contributed by atoms with Gasteiger partial charge in [0.15, 0.2) is 0 Å². The van der Waals surface area contributed by atoms with Gasteiger partial charge in [-0.2, -0.15) is 0 Å². The van der Waals surface area contributed by atoms with E-state index in [0.29, 0.717) is 33.4 Å². The predicted molar refractivity (Wildman–Crippen MR) is 333 cm³/mol. The molecule has 0 unspecified atom stereocenters. The number of carbonyl (C=O) groups is 3. The number of anilines is 1. The van der Waals surface area contributed by atoms with E-state index in [0.717, 1.165) is 36.5 Å². The third-order valence-corrected chi connectivity index (χ3v) is 11.3. The zero-order valence-electron chi connectivity index (χ0n) is 50.2. The van der Waals surface area contributed by atoms with E-state index >= 15 is 0 Å². The standard InChI is InChI=1S/C21H17FN2O3.C17H12FN5.C12H13IN2O2.C8H5F.CH5N3.6CO.ClH.Mo/c1-21(2,3)27-20(26)24-13-17(16-10-11-23-12-18(16)24)19(25)9-6-14-4-7-15(22)8-5-14;18-11-3-1-10(2-4-11)14-7-15(23-17(19)22-14)13-8-21-16-9-20-6-5-12(13)16;1-12(2,3)17-11(16)15-7-9(13)8-4-5-14-6-10(8)15;1-2-7-3-5-8(9)6-4-7;2-1(3)4;6*1-2;;/h4-5,7-8,10-13H,1-3H3;1-9,21H,(H2,19,22,23);4-7H,1-3H3;1,3-6H;(H5,2,3,4);;;;;;;1H;. The van der Waals surface area contributed by atoms with Crippen LogP contribution in [-0.4, -0.2) is 74.2 Å². The molecule has 0 amide bonds. The van der Waals surface area contributed by atoms with Gasteiger partial charge in [-0.15, -0.1) is 6.42 Å². The van der Waals surface area contributed by atoms with Gasteiger partial charge in [-0.25, -0.2) is 37.3 Å². The van der Waals surface area contributed by atoms with E-state index in [2.05, 4.69) is 127 Å². The molecule has 9 N–H and O–H groups in total. The van der Waals surface area contributed by atoms with Crippen LogP contribution in [0.2, 0.25) is 0 Å². The van der Waals surface area contributed by atoms with E-state index in [4.69, 9.17) is 49.5 Å². The van der Waals surface area contributed by atoms with Crippen LogP contribution < -0.4 is 35.0 Å². The fourth-order valence-corrected chi connectivity index (χ4v) is 7.78. The average Bonchev–Trinajstić information content (AvgIpc) is 1.64. The van der Waals surface area contributed by atoms with Gasteiger partial charge in [0.2, 0.25) is 11.7 Å². The number of terminal acetylenes is 1. The quantitative estimate of drug-likeness (QED) is 0.0181. The summed E-state index contributed by atoms with van der Waals surface area (Å²) in [6, 6.07) is 24.7. The number of carbonyl (C=O) groups excluding carboxylic acids is 3. The van der Waals surface area contributed by atoms with Crippen LogP contribution in [0.25, 0.3) is 55.2 Å². The normalized spacial score (nSPS) is 9.16. The van der Waals surface area contributed by atoms with E-state index in [1.54, 1.807) is 82.1 Å². The van der Waals surface area contributed by atoms with E-state index in [1.807, 2.05) is 45.2 Å². The second-order valence-electron chi connectivity index (χ2n) is 18.9. The molecule has 0 aliphatic heterocycles. The number of benzene rings is 3. The summed E-state index contributed by atoms with van der Waals surface area (Å²) in [7, 11) is 0. The molecule has 0 spiro atoms. The second kappa shape index (κ2) is 45.7. The maximum Gasteiger partial charge on any atom is 0 e. The van der Waals surface area contributed by atoms with Gasteiger partial charge in [0.05, 0.1) is 52.1 Å². The number of rotatable bonds is 3. The number of fused-ring (bicyclic) bond motifs is 3. The number of ketones is 1. The minimum Gasteiger partial charge on any atom is -1.00 e. The number of guanidine groups is 1. The van der Waals surface area contributed by atoms with Gasteiger partial charge in [0.1, 0.15) is 28.7 Å². The van der Waals surface area contributed by atoms with E-state index < -0.39 is 23.1 Å². The maximum atomic E-state index is 13.1. The number of nitrogens with one attached hydrogen (secondary N) is 1. The number of aromatic nitrogens is 8. The Bertz CT molecular complexity index is 4240. The minimum absolute atomic E-state index is 0. The number of halogens is 5. The summed E-state index contributed by atoms with van der Waals surface area (Å²) in [6.07, 6.45) is 19.0. The van der Waals surface area contributed by atoms with E-state index in [-0.39, 0.29) is 74.5 Å². The molecule has 7 aromatic heterocycles. The van der Waals surface area contributed by atoms with Crippen molar-refractivity contribution in [2.45, 2.75) is 52.7 Å². The van der Waals surface area contributed by atoms with E-state index in [9.17, 15) is 27.6 Å². The third-order valence-electron chi connectivity index (χ3n) is 10.4. The number of hydrogen-bond donors (Lipinski definition) is 5. The first kappa shape index (κ1) is 87.7. The van der Waals surface area contributed by atoms with Crippen molar-refractivity contribution in [2.75, 3.05) is 5.73 Å². The Balaban J connectivity index is -0.00000113.